The number of alkyl halides is 1. The monoisotopic (exact) mass is 793 g/mol. The number of carbonyl (C=O) groups is 4. The Balaban J connectivity index is 1.55. The number of methoxy groups -OCH3 is 1. The Bertz CT molecular complexity index is 1590. The standard InChI is InChI=1S/C41H52BrN3O8/c1-5-8-20-32(47)43-31(26-51-4)35(28-18-14-11-15-19-28)52-40(50)33-34-38(48)45(29(25-46)23-27-16-12-10-13-17-27)37(41(34)24-30(42)36(33)53-41)39(49)44(21-7-3)22-9-6-2/h5,7,10-19,29-31,33-37,46H,1,3,6,8-9,20-26H2,2,4H3,(H,43,47)/t29-,30?,31-,33-,34+,35-,36-,37-,41+/m1/s1. The number of aliphatic hydroxyl groups excluding tert-OH is 1. The average molecular weight is 795 g/mol. The number of hydrogen-bond donors (Lipinski definition) is 2. The molecule has 2 bridgehead atoms. The molecule has 286 valence electrons. The predicted molar refractivity (Wildman–Crippen MR) is 204 cm³/mol. The Morgan fingerprint density at radius 3 is 2.45 bits per heavy atom. The molecule has 53 heavy (non-hydrogen) atoms. The van der Waals surface area contributed by atoms with Gasteiger partial charge in [-0.15, -0.1) is 13.2 Å². The summed E-state index contributed by atoms with van der Waals surface area (Å²) in [6.07, 6.45) is 4.45. The number of nitrogens with one attached hydrogen (secondary N) is 1. The maximum atomic E-state index is 15.0. The number of amides is 3. The lowest BCUT2D eigenvalue weighted by Gasteiger charge is -2.39. The second-order valence-corrected chi connectivity index (χ2v) is 15.3. The number of ether oxygens (including phenoxy) is 3. The molecule has 2 aromatic carbocycles. The van der Waals surface area contributed by atoms with Gasteiger partial charge in [-0.1, -0.05) is 102 Å². The van der Waals surface area contributed by atoms with E-state index in [1.165, 1.54) is 12.0 Å². The fourth-order valence-corrected chi connectivity index (χ4v) is 9.18. The van der Waals surface area contributed by atoms with Crippen molar-refractivity contribution in [2.45, 2.75) is 86.2 Å². The minimum absolute atomic E-state index is 0.0452. The van der Waals surface area contributed by atoms with E-state index in [2.05, 4.69) is 34.4 Å². The third kappa shape index (κ3) is 8.46. The van der Waals surface area contributed by atoms with E-state index in [4.69, 9.17) is 14.2 Å². The first-order valence-electron chi connectivity index (χ1n) is 18.5. The molecule has 3 aliphatic rings. The van der Waals surface area contributed by atoms with Crippen LogP contribution in [-0.4, -0.2) is 107 Å². The van der Waals surface area contributed by atoms with Crippen LogP contribution in [0.4, 0.5) is 0 Å². The highest BCUT2D eigenvalue weighted by molar-refractivity contribution is 9.09. The molecule has 3 amide bonds. The van der Waals surface area contributed by atoms with Gasteiger partial charge in [0.1, 0.15) is 17.7 Å². The molecule has 0 radical (unpaired) electrons. The number of esters is 1. The SMILES string of the molecule is C=CCCC(=O)N[C@H](COC)[C@H](OC(=O)[C@H]1[C@@H]2O[C@@]3(CC2Br)[C@@H]1C(=O)N([C@@H](CO)Cc1ccccc1)[C@@H]3C(=O)N(CC=C)CCCC)c1ccccc1. The van der Waals surface area contributed by atoms with Crippen LogP contribution < -0.4 is 5.32 Å². The molecule has 3 aliphatic heterocycles. The minimum Gasteiger partial charge on any atom is -0.455 e. The van der Waals surface area contributed by atoms with E-state index in [1.54, 1.807) is 29.2 Å². The topological polar surface area (TPSA) is 135 Å². The molecule has 12 heteroatoms. The summed E-state index contributed by atoms with van der Waals surface area (Å²) in [4.78, 5) is 60.2. The first kappa shape index (κ1) is 40.3. The highest BCUT2D eigenvalue weighted by Crippen LogP contribution is 2.61. The molecule has 1 unspecified atom stereocenters. The molecule has 2 aromatic rings. The van der Waals surface area contributed by atoms with Crippen molar-refractivity contribution in [3.63, 3.8) is 0 Å². The van der Waals surface area contributed by atoms with Crippen molar-refractivity contribution in [1.82, 2.24) is 15.1 Å². The molecular formula is C41H52BrN3O8. The van der Waals surface area contributed by atoms with E-state index >= 15 is 0 Å². The number of benzene rings is 2. The van der Waals surface area contributed by atoms with Crippen LogP contribution in [-0.2, 0) is 39.8 Å². The maximum Gasteiger partial charge on any atom is 0.313 e. The highest BCUT2D eigenvalue weighted by atomic mass is 79.9. The van der Waals surface area contributed by atoms with E-state index in [-0.39, 0.29) is 36.2 Å². The fourth-order valence-electron chi connectivity index (χ4n) is 8.24. The van der Waals surface area contributed by atoms with Gasteiger partial charge < -0.3 is 34.4 Å². The van der Waals surface area contributed by atoms with Crippen molar-refractivity contribution in [1.29, 1.82) is 0 Å². The number of allylic oxidation sites excluding steroid dienone is 1. The molecular weight excluding hydrogens is 742 g/mol. The van der Waals surface area contributed by atoms with Gasteiger partial charge in [-0.2, -0.15) is 0 Å². The Morgan fingerprint density at radius 2 is 1.83 bits per heavy atom. The van der Waals surface area contributed by atoms with E-state index in [0.717, 1.165) is 18.4 Å². The van der Waals surface area contributed by atoms with Crippen molar-refractivity contribution in [2.24, 2.45) is 11.8 Å². The Kier molecular flexibility index (Phi) is 14.1. The first-order chi connectivity index (χ1) is 25.6. The number of fused-ring (bicyclic) bond motifs is 1. The number of likely N-dealkylation sites (tertiary alicyclic amines) is 1. The van der Waals surface area contributed by atoms with Crippen molar-refractivity contribution in [2.75, 3.05) is 33.4 Å². The molecule has 0 aromatic heterocycles. The quantitative estimate of drug-likeness (QED) is 0.114. The number of unbranched alkanes of at least 4 members (excludes halogenated alkanes) is 1. The van der Waals surface area contributed by atoms with Crippen LogP contribution >= 0.6 is 15.9 Å². The smallest absolute Gasteiger partial charge is 0.313 e. The van der Waals surface area contributed by atoms with Gasteiger partial charge in [-0.25, -0.2) is 0 Å². The van der Waals surface area contributed by atoms with Crippen LogP contribution in [0, 0.1) is 11.8 Å². The first-order valence-corrected chi connectivity index (χ1v) is 19.4. The number of aliphatic hydroxyl groups is 1. The number of halogens is 1. The van der Waals surface area contributed by atoms with Gasteiger partial charge in [0.05, 0.1) is 43.2 Å². The highest BCUT2D eigenvalue weighted by Gasteiger charge is 2.77. The second kappa shape index (κ2) is 18.5. The molecule has 1 spiro atoms. The molecule has 9 atom stereocenters. The third-order valence-electron chi connectivity index (χ3n) is 10.6. The molecule has 3 heterocycles. The predicted octanol–water partition coefficient (Wildman–Crippen LogP) is 4.53. The molecule has 3 saturated heterocycles. The second-order valence-electron chi connectivity index (χ2n) is 14.1. The number of hydrogen-bond acceptors (Lipinski definition) is 8. The summed E-state index contributed by atoms with van der Waals surface area (Å²) in [5, 5.41) is 13.8. The van der Waals surface area contributed by atoms with Crippen LogP contribution in [0.1, 0.15) is 56.3 Å². The van der Waals surface area contributed by atoms with E-state index in [1.807, 2.05) is 55.5 Å². The van der Waals surface area contributed by atoms with Gasteiger partial charge in [-0.05, 0) is 36.8 Å². The van der Waals surface area contributed by atoms with Crippen molar-refractivity contribution in [3.05, 3.63) is 97.1 Å². The summed E-state index contributed by atoms with van der Waals surface area (Å²) in [5.41, 5.74) is 0.158. The fraction of sp³-hybridized carbons (Fsp3) is 0.512. The summed E-state index contributed by atoms with van der Waals surface area (Å²) in [6.45, 7) is 9.98. The zero-order valence-corrected chi connectivity index (χ0v) is 32.2. The van der Waals surface area contributed by atoms with Gasteiger partial charge in [0.15, 0.2) is 0 Å². The molecule has 3 fully saturated rings. The van der Waals surface area contributed by atoms with Crippen molar-refractivity contribution < 1.29 is 38.5 Å². The van der Waals surface area contributed by atoms with Crippen LogP contribution in [0.25, 0.3) is 0 Å². The zero-order chi connectivity index (χ0) is 38.1. The van der Waals surface area contributed by atoms with Crippen LogP contribution in [0.15, 0.2) is 86.0 Å². The van der Waals surface area contributed by atoms with Gasteiger partial charge in [0, 0.05) is 31.4 Å². The summed E-state index contributed by atoms with van der Waals surface area (Å²) in [6, 6.07) is 15.9. The lowest BCUT2D eigenvalue weighted by Crippen LogP contribution is -2.59. The van der Waals surface area contributed by atoms with E-state index in [0.29, 0.717) is 31.4 Å². The Labute approximate surface area is 320 Å². The molecule has 11 nitrogen and oxygen atoms in total. The van der Waals surface area contributed by atoms with Gasteiger partial charge in [0.25, 0.3) is 0 Å². The van der Waals surface area contributed by atoms with E-state index < -0.39 is 66.3 Å². The van der Waals surface area contributed by atoms with Gasteiger partial charge >= 0.3 is 5.97 Å². The lowest BCUT2D eigenvalue weighted by molar-refractivity contribution is -0.163. The summed E-state index contributed by atoms with van der Waals surface area (Å²) in [7, 11) is 1.50. The van der Waals surface area contributed by atoms with Crippen LogP contribution in [0.2, 0.25) is 0 Å². The largest absolute Gasteiger partial charge is 0.455 e. The lowest BCUT2D eigenvalue weighted by atomic mass is 9.70. The van der Waals surface area contributed by atoms with Gasteiger partial charge in [0.2, 0.25) is 17.7 Å². The van der Waals surface area contributed by atoms with Crippen molar-refractivity contribution >= 4 is 39.6 Å². The number of nitrogens with zero attached hydrogens (tertiary/aromatic N) is 2. The molecule has 0 saturated carbocycles. The van der Waals surface area contributed by atoms with Crippen molar-refractivity contribution in [3.8, 4) is 0 Å². The number of rotatable bonds is 20. The zero-order valence-electron chi connectivity index (χ0n) is 30.6. The molecule has 5 rings (SSSR count). The molecule has 0 aliphatic carbocycles. The Morgan fingerprint density at radius 1 is 1.13 bits per heavy atom. The normalized spacial score (nSPS) is 26.0. The summed E-state index contributed by atoms with van der Waals surface area (Å²) < 4.78 is 18.6. The third-order valence-corrected chi connectivity index (χ3v) is 11.4. The number of carbonyl (C=O) groups excluding carboxylic acids is 4. The maximum absolute atomic E-state index is 15.0. The van der Waals surface area contributed by atoms with Crippen LogP contribution in [0.5, 0.6) is 0 Å². The summed E-state index contributed by atoms with van der Waals surface area (Å²) >= 11 is 3.75. The average Bonchev–Trinajstić information content (AvgIpc) is 3.77. The molecule has 2 N–H and O–H groups in total. The van der Waals surface area contributed by atoms with Gasteiger partial charge in [-0.3, -0.25) is 19.2 Å². The van der Waals surface area contributed by atoms with Crippen LogP contribution in [0.3, 0.4) is 0 Å². The summed E-state index contributed by atoms with van der Waals surface area (Å²) in [5.74, 6) is -3.80. The Hall–Kier alpha value is -3.84. The van der Waals surface area contributed by atoms with E-state index in [9.17, 15) is 24.3 Å². The minimum atomic E-state index is -1.36.